The molecule has 0 fully saturated rings. The molecular formula is C52H34N2O. The van der Waals surface area contributed by atoms with Gasteiger partial charge in [-0.25, -0.2) is 0 Å². The summed E-state index contributed by atoms with van der Waals surface area (Å²) in [5, 5.41) is 7.23. The maximum Gasteiger partial charge on any atom is 0.143 e. The van der Waals surface area contributed by atoms with Crippen molar-refractivity contribution in [1.29, 1.82) is 0 Å². The number of rotatable bonds is 6. The molecule has 0 aliphatic carbocycles. The van der Waals surface area contributed by atoms with E-state index >= 15 is 0 Å². The Morgan fingerprint density at radius 3 is 1.60 bits per heavy atom. The van der Waals surface area contributed by atoms with Gasteiger partial charge in [-0.1, -0.05) is 152 Å². The summed E-state index contributed by atoms with van der Waals surface area (Å²) in [5.74, 6) is 0. The quantitative estimate of drug-likeness (QED) is 0.172. The molecule has 0 unspecified atom stereocenters. The molecule has 258 valence electrons. The van der Waals surface area contributed by atoms with Gasteiger partial charge in [0.25, 0.3) is 0 Å². The zero-order valence-electron chi connectivity index (χ0n) is 29.9. The van der Waals surface area contributed by atoms with Crippen molar-refractivity contribution in [1.82, 2.24) is 4.57 Å². The minimum Gasteiger partial charge on any atom is -0.455 e. The van der Waals surface area contributed by atoms with Crippen molar-refractivity contribution in [2.75, 3.05) is 4.90 Å². The summed E-state index contributed by atoms with van der Waals surface area (Å²) >= 11 is 0. The lowest BCUT2D eigenvalue weighted by atomic mass is 9.98. The highest BCUT2D eigenvalue weighted by atomic mass is 16.3. The van der Waals surface area contributed by atoms with Gasteiger partial charge >= 0.3 is 0 Å². The number of fused-ring (bicyclic) bond motifs is 7. The molecule has 0 saturated carbocycles. The molecule has 0 atom stereocenters. The maximum atomic E-state index is 6.44. The Bertz CT molecular complexity index is 3150. The number of aromatic nitrogens is 1. The Labute approximate surface area is 318 Å². The first-order valence-corrected chi connectivity index (χ1v) is 18.8. The van der Waals surface area contributed by atoms with Crippen LogP contribution in [-0.2, 0) is 0 Å². The zero-order valence-corrected chi connectivity index (χ0v) is 29.9. The maximum absolute atomic E-state index is 6.44. The summed E-state index contributed by atoms with van der Waals surface area (Å²) in [6.07, 6.45) is 0. The predicted molar refractivity (Wildman–Crippen MR) is 231 cm³/mol. The highest BCUT2D eigenvalue weighted by Gasteiger charge is 2.21. The second-order valence-electron chi connectivity index (χ2n) is 14.1. The van der Waals surface area contributed by atoms with Crippen LogP contribution in [0.4, 0.5) is 17.1 Å². The molecule has 0 amide bonds. The van der Waals surface area contributed by atoms with Gasteiger partial charge < -0.3 is 13.9 Å². The van der Waals surface area contributed by atoms with E-state index in [0.717, 1.165) is 55.8 Å². The van der Waals surface area contributed by atoms with E-state index in [1.807, 2.05) is 12.1 Å². The van der Waals surface area contributed by atoms with Crippen molar-refractivity contribution < 1.29 is 4.42 Å². The van der Waals surface area contributed by atoms with Gasteiger partial charge in [-0.3, -0.25) is 0 Å². The number of benzene rings is 9. The number of para-hydroxylation sites is 6. The zero-order chi connectivity index (χ0) is 36.3. The Kier molecular flexibility index (Phi) is 7.17. The van der Waals surface area contributed by atoms with Gasteiger partial charge in [0, 0.05) is 38.5 Å². The second-order valence-corrected chi connectivity index (χ2v) is 14.1. The van der Waals surface area contributed by atoms with Crippen molar-refractivity contribution in [3.05, 3.63) is 206 Å². The average molecular weight is 703 g/mol. The van der Waals surface area contributed by atoms with Crippen LogP contribution in [0.3, 0.4) is 0 Å². The Hall–Kier alpha value is -7.36. The van der Waals surface area contributed by atoms with Gasteiger partial charge in [0.1, 0.15) is 11.2 Å². The molecule has 11 aromatic rings. The average Bonchev–Trinajstić information content (AvgIpc) is 3.80. The molecule has 0 radical (unpaired) electrons. The molecule has 3 nitrogen and oxygen atoms in total. The van der Waals surface area contributed by atoms with E-state index in [1.165, 1.54) is 43.7 Å². The highest BCUT2D eigenvalue weighted by molar-refractivity contribution is 6.11. The van der Waals surface area contributed by atoms with Gasteiger partial charge in [0.15, 0.2) is 0 Å². The van der Waals surface area contributed by atoms with Gasteiger partial charge in [-0.2, -0.15) is 0 Å². The molecule has 0 N–H and O–H groups in total. The van der Waals surface area contributed by atoms with Crippen molar-refractivity contribution in [2.45, 2.75) is 0 Å². The number of anilines is 3. The summed E-state index contributed by atoms with van der Waals surface area (Å²) in [6.45, 7) is 0. The van der Waals surface area contributed by atoms with E-state index < -0.39 is 0 Å². The van der Waals surface area contributed by atoms with Crippen LogP contribution in [0.1, 0.15) is 0 Å². The van der Waals surface area contributed by atoms with E-state index in [9.17, 15) is 0 Å². The Balaban J connectivity index is 1.09. The van der Waals surface area contributed by atoms with Crippen LogP contribution in [0.2, 0.25) is 0 Å². The van der Waals surface area contributed by atoms with E-state index in [4.69, 9.17) is 4.42 Å². The van der Waals surface area contributed by atoms with Crippen molar-refractivity contribution >= 4 is 71.6 Å². The van der Waals surface area contributed by atoms with Crippen LogP contribution in [0.5, 0.6) is 0 Å². The number of nitrogens with zero attached hydrogens (tertiary/aromatic N) is 2. The van der Waals surface area contributed by atoms with Gasteiger partial charge in [0.05, 0.1) is 22.4 Å². The van der Waals surface area contributed by atoms with Crippen LogP contribution in [-0.4, -0.2) is 4.57 Å². The van der Waals surface area contributed by atoms with E-state index in [-0.39, 0.29) is 0 Å². The fraction of sp³-hybridized carbons (Fsp3) is 0. The van der Waals surface area contributed by atoms with Crippen LogP contribution in [0.25, 0.3) is 82.5 Å². The normalized spacial score (nSPS) is 11.6. The lowest BCUT2D eigenvalue weighted by molar-refractivity contribution is 0.670. The number of hydrogen-bond acceptors (Lipinski definition) is 2. The minimum atomic E-state index is 0.904. The molecule has 0 aliphatic rings. The molecule has 0 spiro atoms. The fourth-order valence-corrected chi connectivity index (χ4v) is 8.48. The molecule has 3 heteroatoms. The molecular weight excluding hydrogens is 669 g/mol. The topological polar surface area (TPSA) is 21.3 Å². The first kappa shape index (κ1) is 31.2. The molecule has 0 aliphatic heterocycles. The smallest absolute Gasteiger partial charge is 0.143 e. The third-order valence-electron chi connectivity index (χ3n) is 11.0. The molecule has 0 saturated heterocycles. The lowest BCUT2D eigenvalue weighted by Crippen LogP contribution is -2.13. The standard InChI is InChI=1S/C52H34N2O/c1-2-15-40-35(13-1)14-11-19-41(40)36-27-31-38(32-28-36)53(39-33-29-37(30-34-39)42-20-12-21-46-45-18-5-10-26-51(45)55-52(42)46)49-24-8-9-25-50(49)54-47-22-6-3-16-43(47)44-17-4-7-23-48(44)54/h1-34H. The van der Waals surface area contributed by atoms with Crippen LogP contribution < -0.4 is 4.90 Å². The first-order chi connectivity index (χ1) is 27.3. The highest BCUT2D eigenvalue weighted by Crippen LogP contribution is 2.43. The first-order valence-electron chi connectivity index (χ1n) is 18.8. The fourth-order valence-electron chi connectivity index (χ4n) is 8.48. The summed E-state index contributed by atoms with van der Waals surface area (Å²) in [4.78, 5) is 2.39. The van der Waals surface area contributed by atoms with Crippen molar-refractivity contribution in [3.8, 4) is 27.9 Å². The Morgan fingerprint density at radius 1 is 0.364 bits per heavy atom. The number of furan rings is 1. The molecule has 55 heavy (non-hydrogen) atoms. The van der Waals surface area contributed by atoms with E-state index in [0.29, 0.717) is 0 Å². The third kappa shape index (κ3) is 5.05. The number of hydrogen-bond donors (Lipinski definition) is 0. The van der Waals surface area contributed by atoms with Gasteiger partial charge in [-0.15, -0.1) is 0 Å². The van der Waals surface area contributed by atoms with Crippen molar-refractivity contribution in [2.24, 2.45) is 0 Å². The van der Waals surface area contributed by atoms with E-state index in [1.54, 1.807) is 0 Å². The van der Waals surface area contributed by atoms with E-state index in [2.05, 4.69) is 204 Å². The molecule has 9 aromatic carbocycles. The molecule has 0 bridgehead atoms. The Morgan fingerprint density at radius 2 is 0.873 bits per heavy atom. The molecule has 11 rings (SSSR count). The summed E-state index contributed by atoms with van der Waals surface area (Å²) in [5.41, 5.74) is 13.1. The second kappa shape index (κ2) is 12.6. The summed E-state index contributed by atoms with van der Waals surface area (Å²) < 4.78 is 8.85. The predicted octanol–water partition coefficient (Wildman–Crippen LogP) is 14.6. The summed E-state index contributed by atoms with van der Waals surface area (Å²) in [6, 6.07) is 73.9. The SMILES string of the molecule is c1ccc(-n2c3ccccc3c3ccccc32)c(N(c2ccc(-c3cccc4ccccc34)cc2)c2ccc(-c3cccc4c3oc3ccccc34)cc2)c1. The minimum absolute atomic E-state index is 0.904. The summed E-state index contributed by atoms with van der Waals surface area (Å²) in [7, 11) is 0. The molecule has 2 aromatic heterocycles. The van der Waals surface area contributed by atoms with Crippen LogP contribution >= 0.6 is 0 Å². The largest absolute Gasteiger partial charge is 0.455 e. The van der Waals surface area contributed by atoms with Gasteiger partial charge in [-0.05, 0) is 82.1 Å². The molecule has 2 heterocycles. The third-order valence-corrected chi connectivity index (χ3v) is 11.0. The van der Waals surface area contributed by atoms with Crippen LogP contribution in [0.15, 0.2) is 211 Å². The monoisotopic (exact) mass is 702 g/mol. The van der Waals surface area contributed by atoms with Crippen LogP contribution in [0, 0.1) is 0 Å². The van der Waals surface area contributed by atoms with Gasteiger partial charge in [0.2, 0.25) is 0 Å². The van der Waals surface area contributed by atoms with Crippen molar-refractivity contribution in [3.63, 3.8) is 0 Å². The lowest BCUT2D eigenvalue weighted by Gasteiger charge is -2.28.